The van der Waals surface area contributed by atoms with E-state index in [1.807, 2.05) is 0 Å². The van der Waals surface area contributed by atoms with E-state index in [0.717, 1.165) is 0 Å². The smallest absolute Gasteiger partial charge is 0.141 e. The first kappa shape index (κ1) is 9.49. The van der Waals surface area contributed by atoms with Crippen LogP contribution in [0.15, 0.2) is 0 Å². The first-order valence-corrected chi connectivity index (χ1v) is 3.26. The summed E-state index contributed by atoms with van der Waals surface area (Å²) < 4.78 is 0. The van der Waals surface area contributed by atoms with Gasteiger partial charge in [0.2, 0.25) is 0 Å². The van der Waals surface area contributed by atoms with Crippen LogP contribution >= 0.6 is 0 Å². The molecule has 0 atom stereocenters. The zero-order valence-corrected chi connectivity index (χ0v) is 6.86. The van der Waals surface area contributed by atoms with E-state index in [-0.39, 0.29) is 0 Å². The van der Waals surface area contributed by atoms with E-state index in [4.69, 9.17) is 4.80 Å². The average molecular weight is 106 g/mol. The van der Waals surface area contributed by atoms with Gasteiger partial charge >= 0.3 is 0 Å². The summed E-state index contributed by atoms with van der Waals surface area (Å²) in [5.74, 6) is 0. The lowest BCUT2D eigenvalue weighted by Gasteiger charge is -1.68. The molecule has 0 fully saturated rings. The normalized spacial score (nSPS) is 6.50. The summed E-state index contributed by atoms with van der Waals surface area (Å²) >= 11 is 0. The van der Waals surface area contributed by atoms with Gasteiger partial charge in [0.05, 0.1) is 0 Å². The highest BCUT2D eigenvalue weighted by Gasteiger charge is 1.56. The van der Waals surface area contributed by atoms with Gasteiger partial charge in [-0.25, -0.2) is 0 Å². The average Bonchev–Trinajstić information content (AvgIpc) is 1.72. The molecule has 0 aromatic rings. The Kier molecular flexibility index (Phi) is 30.1. The van der Waals surface area contributed by atoms with Crippen LogP contribution in [0.3, 0.4) is 0 Å². The second kappa shape index (κ2) is 19.1. The van der Waals surface area contributed by atoms with Crippen LogP contribution < -0.4 is 0 Å². The predicted octanol–water partition coefficient (Wildman–Crippen LogP) is 0.0655. The molecule has 1 N–H and O–H groups in total. The molecule has 6 heavy (non-hydrogen) atoms. The molecular weight excluding hydrogens is 92.1 g/mol. The molecule has 1 nitrogen and oxygen atoms in total. The number of hydrogen-bond donors (Lipinski definition) is 1. The first-order valence-electron chi connectivity index (χ1n) is 2.36. The van der Waals surface area contributed by atoms with E-state index in [1.54, 1.807) is 0 Å². The predicted molar refractivity (Wildman–Crippen MR) is 32.7 cm³/mol. The van der Waals surface area contributed by atoms with E-state index in [9.17, 15) is 0 Å². The Morgan fingerprint density at radius 2 is 1.33 bits per heavy atom. The van der Waals surface area contributed by atoms with Gasteiger partial charge in [-0.15, -0.1) is 0 Å². The summed E-state index contributed by atoms with van der Waals surface area (Å²) in [6.07, 6.45) is 2.64. The van der Waals surface area contributed by atoms with Crippen LogP contribution in [-0.2, 0) is 0 Å². The van der Waals surface area contributed by atoms with E-state index in [0.29, 0.717) is 10.5 Å². The molecule has 0 heterocycles. The van der Waals surface area contributed by atoms with Crippen molar-refractivity contribution in [2.75, 3.05) is 0 Å². The number of rotatable bonds is 1. The minimum Gasteiger partial charge on any atom is -0.442 e. The Balaban J connectivity index is 0. The fraction of sp³-hybridized carbons (Fsp3) is 1.00. The van der Waals surface area contributed by atoms with E-state index in [1.165, 1.54) is 12.8 Å². The highest BCUT2D eigenvalue weighted by Crippen LogP contribution is 1.76. The third-order valence-electron chi connectivity index (χ3n) is 0.500. The highest BCUT2D eigenvalue weighted by atomic mass is 28.2. The minimum atomic E-state index is 0.306. The number of unbranched alkanes of at least 4 members (excludes halogenated alkanes) is 1. The van der Waals surface area contributed by atoms with Crippen LogP contribution in [0.4, 0.5) is 0 Å². The topological polar surface area (TPSA) is 20.2 Å². The van der Waals surface area contributed by atoms with Crippen molar-refractivity contribution in [1.82, 2.24) is 0 Å². The molecule has 0 bridgehead atoms. The monoisotopic (exact) mass is 106 g/mol. The van der Waals surface area contributed by atoms with Crippen molar-refractivity contribution < 1.29 is 4.80 Å². The molecule has 0 radical (unpaired) electrons. The SMILES string of the molecule is CCCC.O[SiH3]. The standard InChI is InChI=1S/C4H10.H4OSi/c1-3-4-2;1-2/h3-4H2,1-2H3;1H,2H3. The lowest BCUT2D eigenvalue weighted by Crippen LogP contribution is -1.47. The molecule has 0 aliphatic carbocycles. The quantitative estimate of drug-likeness (QED) is 0.469. The first-order chi connectivity index (χ1) is 2.91. The van der Waals surface area contributed by atoms with Crippen molar-refractivity contribution in [3.8, 4) is 0 Å². The van der Waals surface area contributed by atoms with Crippen LogP contribution in [0.25, 0.3) is 0 Å². The third kappa shape index (κ3) is 30.4. The zero-order chi connectivity index (χ0) is 5.41. The zero-order valence-electron chi connectivity index (χ0n) is 4.86. The van der Waals surface area contributed by atoms with Gasteiger partial charge in [-0.05, 0) is 0 Å². The second-order valence-electron chi connectivity index (χ2n) is 1.000. The van der Waals surface area contributed by atoms with Crippen LogP contribution in [0.2, 0.25) is 0 Å². The van der Waals surface area contributed by atoms with Crippen LogP contribution in [0, 0.1) is 0 Å². The highest BCUT2D eigenvalue weighted by molar-refractivity contribution is 5.95. The largest absolute Gasteiger partial charge is 0.442 e. The Morgan fingerprint density at radius 3 is 1.33 bits per heavy atom. The van der Waals surface area contributed by atoms with Crippen LogP contribution in [0.5, 0.6) is 0 Å². The van der Waals surface area contributed by atoms with Crippen molar-refractivity contribution in [3.05, 3.63) is 0 Å². The molecule has 0 amide bonds. The maximum Gasteiger partial charge on any atom is 0.141 e. The summed E-state index contributed by atoms with van der Waals surface area (Å²) in [5.41, 5.74) is 0. The summed E-state index contributed by atoms with van der Waals surface area (Å²) in [7, 11) is 0.306. The fourth-order valence-electron chi connectivity index (χ4n) is 0. The lowest BCUT2D eigenvalue weighted by molar-refractivity contribution is 0.629. The lowest BCUT2D eigenvalue weighted by atomic mass is 10.4. The van der Waals surface area contributed by atoms with Gasteiger partial charge < -0.3 is 4.80 Å². The van der Waals surface area contributed by atoms with Gasteiger partial charge in [0.15, 0.2) is 0 Å². The maximum atomic E-state index is 7.14. The van der Waals surface area contributed by atoms with Gasteiger partial charge in [0.1, 0.15) is 10.5 Å². The molecule has 0 saturated heterocycles. The molecule has 0 unspecified atom stereocenters. The van der Waals surface area contributed by atoms with Crippen LogP contribution in [0.1, 0.15) is 26.7 Å². The van der Waals surface area contributed by atoms with Crippen molar-refractivity contribution in [2.24, 2.45) is 0 Å². The van der Waals surface area contributed by atoms with Crippen LogP contribution in [-0.4, -0.2) is 15.3 Å². The minimum absolute atomic E-state index is 0.306. The van der Waals surface area contributed by atoms with E-state index in [2.05, 4.69) is 13.8 Å². The van der Waals surface area contributed by atoms with E-state index < -0.39 is 0 Å². The molecule has 0 spiro atoms. The molecular formula is C4H14OSi. The van der Waals surface area contributed by atoms with Crippen molar-refractivity contribution in [3.63, 3.8) is 0 Å². The van der Waals surface area contributed by atoms with Gasteiger partial charge in [-0.2, -0.15) is 0 Å². The van der Waals surface area contributed by atoms with Gasteiger partial charge in [-0.1, -0.05) is 26.7 Å². The summed E-state index contributed by atoms with van der Waals surface area (Å²) in [4.78, 5) is 7.14. The summed E-state index contributed by atoms with van der Waals surface area (Å²) in [5, 5.41) is 0. The molecule has 0 aromatic heterocycles. The molecule has 0 aromatic carbocycles. The Morgan fingerprint density at radius 1 is 1.17 bits per heavy atom. The summed E-state index contributed by atoms with van der Waals surface area (Å²) in [6, 6.07) is 0. The Bertz CT molecular complexity index is 9.51. The van der Waals surface area contributed by atoms with E-state index >= 15 is 0 Å². The molecule has 0 saturated carbocycles. The molecule has 0 aliphatic rings. The Hall–Kier alpha value is 0.177. The summed E-state index contributed by atoms with van der Waals surface area (Å²) in [6.45, 7) is 4.36. The van der Waals surface area contributed by atoms with Gasteiger partial charge in [-0.3, -0.25) is 0 Å². The van der Waals surface area contributed by atoms with Gasteiger partial charge in [0.25, 0.3) is 0 Å². The maximum absolute atomic E-state index is 7.14. The van der Waals surface area contributed by atoms with Crippen molar-refractivity contribution >= 4 is 10.5 Å². The third-order valence-corrected chi connectivity index (χ3v) is 0.500. The number of hydrogen-bond acceptors (Lipinski definition) is 1. The second-order valence-corrected chi connectivity index (χ2v) is 1.000. The molecule has 40 valence electrons. The fourth-order valence-corrected chi connectivity index (χ4v) is 0. The van der Waals surface area contributed by atoms with Crippen molar-refractivity contribution in [2.45, 2.75) is 26.7 Å². The van der Waals surface area contributed by atoms with Crippen molar-refractivity contribution in [1.29, 1.82) is 0 Å². The molecule has 0 rings (SSSR count). The molecule has 2 heteroatoms. The Labute approximate surface area is 42.9 Å². The van der Waals surface area contributed by atoms with Gasteiger partial charge in [0, 0.05) is 0 Å². The molecule has 0 aliphatic heterocycles.